The molecule has 0 radical (unpaired) electrons. The third-order valence-electron chi connectivity index (χ3n) is 4.70. The molecule has 3 rings (SSSR count). The topological polar surface area (TPSA) is 72.9 Å². The van der Waals surface area contributed by atoms with Crippen molar-refractivity contribution in [3.8, 4) is 5.75 Å². The molecule has 1 fully saturated rings. The van der Waals surface area contributed by atoms with Gasteiger partial charge in [0.25, 0.3) is 0 Å². The van der Waals surface area contributed by atoms with Gasteiger partial charge in [-0.1, -0.05) is 36.6 Å². The molecule has 0 saturated carbocycles. The molecule has 0 bridgehead atoms. The molecule has 0 aromatic heterocycles. The Labute approximate surface area is 176 Å². The van der Waals surface area contributed by atoms with Crippen molar-refractivity contribution in [1.29, 1.82) is 0 Å². The van der Waals surface area contributed by atoms with Crippen molar-refractivity contribution >= 4 is 27.6 Å². The minimum absolute atomic E-state index is 0.0535. The lowest BCUT2D eigenvalue weighted by Gasteiger charge is -2.20. The standard InChI is InChI=1S/C21H24ClNO5S/c22-19-7-3-4-8-20(19)27-15-16-28-21(24)17-9-11-18(12-10-17)29(25,26)23-13-5-1-2-6-14-23/h3-4,7-12H,1-2,5-6,13-16H2. The van der Waals surface area contributed by atoms with Crippen LogP contribution >= 0.6 is 11.6 Å². The monoisotopic (exact) mass is 437 g/mol. The third-order valence-corrected chi connectivity index (χ3v) is 6.93. The lowest BCUT2D eigenvalue weighted by molar-refractivity contribution is 0.0450. The summed E-state index contributed by atoms with van der Waals surface area (Å²) in [6.07, 6.45) is 3.85. The van der Waals surface area contributed by atoms with Crippen LogP contribution in [0.4, 0.5) is 0 Å². The van der Waals surface area contributed by atoms with E-state index in [1.807, 2.05) is 0 Å². The Kier molecular flexibility index (Phi) is 7.52. The van der Waals surface area contributed by atoms with Gasteiger partial charge in [-0.2, -0.15) is 4.31 Å². The highest BCUT2D eigenvalue weighted by molar-refractivity contribution is 7.89. The SMILES string of the molecule is O=C(OCCOc1ccccc1Cl)c1ccc(S(=O)(=O)N2CCCCCC2)cc1. The molecule has 8 heteroatoms. The number of carbonyl (C=O) groups is 1. The molecule has 29 heavy (non-hydrogen) atoms. The first-order chi connectivity index (χ1) is 14.0. The van der Waals surface area contributed by atoms with E-state index in [4.69, 9.17) is 21.1 Å². The van der Waals surface area contributed by atoms with E-state index < -0.39 is 16.0 Å². The van der Waals surface area contributed by atoms with Crippen LogP contribution in [0.3, 0.4) is 0 Å². The number of hydrogen-bond acceptors (Lipinski definition) is 5. The number of esters is 1. The average molecular weight is 438 g/mol. The van der Waals surface area contributed by atoms with Gasteiger partial charge < -0.3 is 9.47 Å². The Morgan fingerprint density at radius 1 is 0.931 bits per heavy atom. The van der Waals surface area contributed by atoms with Gasteiger partial charge in [-0.25, -0.2) is 13.2 Å². The first kappa shape index (κ1) is 21.6. The summed E-state index contributed by atoms with van der Waals surface area (Å²) in [5.41, 5.74) is 0.289. The second-order valence-corrected chi connectivity index (χ2v) is 9.10. The first-order valence-electron chi connectivity index (χ1n) is 9.63. The van der Waals surface area contributed by atoms with E-state index in [1.54, 1.807) is 24.3 Å². The molecule has 0 unspecified atom stereocenters. The molecule has 2 aromatic carbocycles. The number of ether oxygens (including phenoxy) is 2. The van der Waals surface area contributed by atoms with Gasteiger partial charge in [0.1, 0.15) is 19.0 Å². The minimum Gasteiger partial charge on any atom is -0.488 e. The molecule has 0 spiro atoms. The molecule has 2 aromatic rings. The minimum atomic E-state index is -3.53. The van der Waals surface area contributed by atoms with Crippen molar-refractivity contribution in [2.45, 2.75) is 30.6 Å². The summed E-state index contributed by atoms with van der Waals surface area (Å²) in [5, 5.41) is 0.486. The van der Waals surface area contributed by atoms with Crippen LogP contribution in [0.25, 0.3) is 0 Å². The molecule has 0 atom stereocenters. The zero-order chi connectivity index (χ0) is 20.7. The summed E-state index contributed by atoms with van der Waals surface area (Å²) in [6, 6.07) is 12.9. The van der Waals surface area contributed by atoms with Crippen LogP contribution in [-0.4, -0.2) is 45.0 Å². The molecular formula is C21H24ClNO5S. The van der Waals surface area contributed by atoms with Gasteiger partial charge in [0.2, 0.25) is 10.0 Å². The van der Waals surface area contributed by atoms with Crippen molar-refractivity contribution < 1.29 is 22.7 Å². The highest BCUT2D eigenvalue weighted by atomic mass is 35.5. The van der Waals surface area contributed by atoms with Crippen LogP contribution in [0.5, 0.6) is 5.75 Å². The van der Waals surface area contributed by atoms with E-state index in [-0.39, 0.29) is 23.7 Å². The third kappa shape index (κ3) is 5.72. The van der Waals surface area contributed by atoms with Crippen LogP contribution < -0.4 is 4.74 Å². The molecule has 6 nitrogen and oxygen atoms in total. The molecule has 156 valence electrons. The van der Waals surface area contributed by atoms with Gasteiger partial charge in [0.05, 0.1) is 15.5 Å². The number of hydrogen-bond donors (Lipinski definition) is 0. The molecule has 1 saturated heterocycles. The summed E-state index contributed by atoms with van der Waals surface area (Å²) in [7, 11) is -3.53. The summed E-state index contributed by atoms with van der Waals surface area (Å²) in [5.74, 6) is -0.0141. The quantitative estimate of drug-likeness (QED) is 0.480. The average Bonchev–Trinajstić information content (AvgIpc) is 3.02. The summed E-state index contributed by atoms with van der Waals surface area (Å²) in [4.78, 5) is 12.4. The van der Waals surface area contributed by atoms with E-state index >= 15 is 0 Å². The van der Waals surface area contributed by atoms with Gasteiger partial charge >= 0.3 is 5.97 Å². The number of nitrogens with zero attached hydrogens (tertiary/aromatic N) is 1. The van der Waals surface area contributed by atoms with Crippen LogP contribution in [0.15, 0.2) is 53.4 Å². The second kappa shape index (κ2) is 10.1. The van der Waals surface area contributed by atoms with E-state index in [9.17, 15) is 13.2 Å². The Morgan fingerprint density at radius 3 is 2.24 bits per heavy atom. The number of rotatable bonds is 7. The van der Waals surface area contributed by atoms with Crippen molar-refractivity contribution in [2.75, 3.05) is 26.3 Å². The van der Waals surface area contributed by atoms with Crippen molar-refractivity contribution in [3.05, 3.63) is 59.1 Å². The van der Waals surface area contributed by atoms with Gasteiger partial charge in [-0.05, 0) is 49.2 Å². The van der Waals surface area contributed by atoms with Gasteiger partial charge in [0, 0.05) is 13.1 Å². The van der Waals surface area contributed by atoms with Crippen molar-refractivity contribution in [1.82, 2.24) is 4.31 Å². The zero-order valence-corrected chi connectivity index (χ0v) is 17.6. The fourth-order valence-electron chi connectivity index (χ4n) is 3.13. The zero-order valence-electron chi connectivity index (χ0n) is 16.1. The predicted molar refractivity (Wildman–Crippen MR) is 111 cm³/mol. The van der Waals surface area contributed by atoms with Crippen LogP contribution in [-0.2, 0) is 14.8 Å². The summed E-state index contributed by atoms with van der Waals surface area (Å²) in [6.45, 7) is 1.30. The highest BCUT2D eigenvalue weighted by Crippen LogP contribution is 2.23. The van der Waals surface area contributed by atoms with Crippen LogP contribution in [0.1, 0.15) is 36.0 Å². The second-order valence-electron chi connectivity index (χ2n) is 6.76. The number of carbonyl (C=O) groups excluding carboxylic acids is 1. The lowest BCUT2D eigenvalue weighted by Crippen LogP contribution is -2.31. The summed E-state index contributed by atoms with van der Waals surface area (Å²) < 4.78 is 37.7. The number of sulfonamides is 1. The predicted octanol–water partition coefficient (Wildman–Crippen LogP) is 4.14. The fraction of sp³-hybridized carbons (Fsp3) is 0.381. The number of para-hydroxylation sites is 1. The van der Waals surface area contributed by atoms with E-state index in [1.165, 1.54) is 28.6 Å². The number of halogens is 1. The van der Waals surface area contributed by atoms with Gasteiger partial charge in [-0.3, -0.25) is 0 Å². The molecule has 1 aliphatic rings. The Morgan fingerprint density at radius 2 is 1.59 bits per heavy atom. The van der Waals surface area contributed by atoms with E-state index in [0.29, 0.717) is 23.9 Å². The van der Waals surface area contributed by atoms with Crippen LogP contribution in [0, 0.1) is 0 Å². The maximum atomic E-state index is 12.8. The van der Waals surface area contributed by atoms with Crippen LogP contribution in [0.2, 0.25) is 5.02 Å². The Balaban J connectivity index is 1.53. The van der Waals surface area contributed by atoms with Gasteiger partial charge in [-0.15, -0.1) is 0 Å². The maximum absolute atomic E-state index is 12.8. The molecule has 0 aliphatic carbocycles. The molecule has 1 aliphatic heterocycles. The number of benzene rings is 2. The van der Waals surface area contributed by atoms with Crippen molar-refractivity contribution in [3.63, 3.8) is 0 Å². The molecular weight excluding hydrogens is 414 g/mol. The van der Waals surface area contributed by atoms with E-state index in [2.05, 4.69) is 0 Å². The normalized spacial score (nSPS) is 15.5. The lowest BCUT2D eigenvalue weighted by atomic mass is 10.2. The smallest absolute Gasteiger partial charge is 0.338 e. The maximum Gasteiger partial charge on any atom is 0.338 e. The summed E-state index contributed by atoms with van der Waals surface area (Å²) >= 11 is 5.99. The highest BCUT2D eigenvalue weighted by Gasteiger charge is 2.25. The molecule has 0 N–H and O–H groups in total. The van der Waals surface area contributed by atoms with Gasteiger partial charge in [0.15, 0.2) is 0 Å². The molecule has 0 amide bonds. The Bertz CT molecular complexity index is 922. The first-order valence-corrected chi connectivity index (χ1v) is 11.4. The Hall–Kier alpha value is -2.09. The van der Waals surface area contributed by atoms with Crippen molar-refractivity contribution in [2.24, 2.45) is 0 Å². The fourth-order valence-corrected chi connectivity index (χ4v) is 4.83. The molecule has 1 heterocycles. The van der Waals surface area contributed by atoms with E-state index in [0.717, 1.165) is 25.7 Å². The largest absolute Gasteiger partial charge is 0.488 e.